The van der Waals surface area contributed by atoms with Gasteiger partial charge < -0.3 is 9.64 Å². The van der Waals surface area contributed by atoms with E-state index in [1.54, 1.807) is 35.7 Å². The SMILES string of the molecule is COc1ccccc1C(=O)NNC(=O)c1csc(C2CCN(C(=O)Cc3ccccc3Cl)CC2)n1. The predicted molar refractivity (Wildman–Crippen MR) is 134 cm³/mol. The van der Waals surface area contributed by atoms with Gasteiger partial charge in [-0.05, 0) is 36.6 Å². The van der Waals surface area contributed by atoms with Crippen molar-refractivity contribution in [1.82, 2.24) is 20.7 Å². The number of likely N-dealkylation sites (tertiary alicyclic amines) is 1. The molecule has 1 aromatic heterocycles. The quantitative estimate of drug-likeness (QED) is 0.489. The summed E-state index contributed by atoms with van der Waals surface area (Å²) in [4.78, 5) is 43.9. The second kappa shape index (κ2) is 11.3. The summed E-state index contributed by atoms with van der Waals surface area (Å²) in [5.74, 6) is -0.342. The highest BCUT2D eigenvalue weighted by Crippen LogP contribution is 2.31. The largest absolute Gasteiger partial charge is 0.496 e. The van der Waals surface area contributed by atoms with Crippen LogP contribution in [0.5, 0.6) is 5.75 Å². The summed E-state index contributed by atoms with van der Waals surface area (Å²) in [5.41, 5.74) is 6.17. The number of ether oxygens (including phenoxy) is 1. The van der Waals surface area contributed by atoms with Crippen LogP contribution in [0, 0.1) is 0 Å². The first-order valence-electron chi connectivity index (χ1n) is 11.2. The number of nitrogens with one attached hydrogen (secondary N) is 2. The van der Waals surface area contributed by atoms with Crippen LogP contribution in [-0.2, 0) is 11.2 Å². The summed E-state index contributed by atoms with van der Waals surface area (Å²) in [6.07, 6.45) is 1.83. The standard InChI is InChI=1S/C25H25ClN4O4S/c1-34-21-9-5-3-7-18(21)23(32)28-29-24(33)20-15-35-25(27-20)16-10-12-30(13-11-16)22(31)14-17-6-2-4-8-19(17)26/h2-9,15-16H,10-14H2,1H3,(H,28,32)(H,29,33). The number of rotatable bonds is 6. The van der Waals surface area contributed by atoms with Crippen LogP contribution in [-0.4, -0.2) is 47.8 Å². The molecule has 35 heavy (non-hydrogen) atoms. The van der Waals surface area contributed by atoms with E-state index in [9.17, 15) is 14.4 Å². The normalized spacial score (nSPS) is 13.8. The van der Waals surface area contributed by atoms with Gasteiger partial charge >= 0.3 is 0 Å². The number of hydrogen-bond acceptors (Lipinski definition) is 6. The maximum Gasteiger partial charge on any atom is 0.289 e. The number of nitrogens with zero attached hydrogens (tertiary/aromatic N) is 2. The van der Waals surface area contributed by atoms with Gasteiger partial charge in [0.1, 0.15) is 11.4 Å². The molecular formula is C25H25ClN4O4S. The van der Waals surface area contributed by atoms with Crippen LogP contribution in [0.2, 0.25) is 5.02 Å². The molecule has 3 amide bonds. The van der Waals surface area contributed by atoms with Gasteiger partial charge in [0.25, 0.3) is 11.8 Å². The molecule has 0 spiro atoms. The minimum Gasteiger partial charge on any atom is -0.496 e. The highest BCUT2D eigenvalue weighted by atomic mass is 35.5. The van der Waals surface area contributed by atoms with Gasteiger partial charge in [0.15, 0.2) is 0 Å². The van der Waals surface area contributed by atoms with Crippen molar-refractivity contribution in [2.45, 2.75) is 25.2 Å². The van der Waals surface area contributed by atoms with Crippen LogP contribution < -0.4 is 15.6 Å². The summed E-state index contributed by atoms with van der Waals surface area (Å²) in [6, 6.07) is 14.1. The van der Waals surface area contributed by atoms with E-state index in [1.165, 1.54) is 18.4 Å². The van der Waals surface area contributed by atoms with Crippen LogP contribution in [0.4, 0.5) is 0 Å². The van der Waals surface area contributed by atoms with Gasteiger partial charge in [-0.1, -0.05) is 41.9 Å². The lowest BCUT2D eigenvalue weighted by atomic mass is 9.97. The molecule has 0 aliphatic carbocycles. The molecular weight excluding hydrogens is 488 g/mol. The number of aromatic nitrogens is 1. The fourth-order valence-corrected chi connectivity index (χ4v) is 5.12. The van der Waals surface area contributed by atoms with Crippen LogP contribution in [0.1, 0.15) is 50.2 Å². The van der Waals surface area contributed by atoms with E-state index in [-0.39, 0.29) is 23.9 Å². The van der Waals surface area contributed by atoms with E-state index in [0.29, 0.717) is 29.4 Å². The minimum atomic E-state index is -0.497. The van der Waals surface area contributed by atoms with Gasteiger partial charge in [0.05, 0.1) is 24.1 Å². The molecule has 0 atom stereocenters. The average molecular weight is 513 g/mol. The number of hydrazine groups is 1. The monoisotopic (exact) mass is 512 g/mol. The number of hydrogen-bond donors (Lipinski definition) is 2. The Balaban J connectivity index is 1.28. The number of para-hydroxylation sites is 1. The molecule has 2 heterocycles. The molecule has 10 heteroatoms. The summed E-state index contributed by atoms with van der Waals surface area (Å²) in [5, 5.41) is 3.13. The second-order valence-corrected chi connectivity index (χ2v) is 9.40. The van der Waals surface area contributed by atoms with Crippen molar-refractivity contribution < 1.29 is 19.1 Å². The van der Waals surface area contributed by atoms with Gasteiger partial charge in [0.2, 0.25) is 5.91 Å². The molecule has 1 fully saturated rings. The zero-order valence-corrected chi connectivity index (χ0v) is 20.7. The lowest BCUT2D eigenvalue weighted by Gasteiger charge is -2.31. The lowest BCUT2D eigenvalue weighted by molar-refractivity contribution is -0.131. The molecule has 0 saturated carbocycles. The Morgan fingerprint density at radius 2 is 1.74 bits per heavy atom. The number of carbonyl (C=O) groups excluding carboxylic acids is 3. The molecule has 3 aromatic rings. The fraction of sp³-hybridized carbons (Fsp3) is 0.280. The summed E-state index contributed by atoms with van der Waals surface area (Å²) >= 11 is 7.59. The molecule has 0 unspecified atom stereocenters. The maximum atomic E-state index is 12.7. The summed E-state index contributed by atoms with van der Waals surface area (Å²) in [6.45, 7) is 1.26. The first-order valence-corrected chi connectivity index (χ1v) is 12.4. The van der Waals surface area contributed by atoms with Gasteiger partial charge in [-0.25, -0.2) is 4.98 Å². The second-order valence-electron chi connectivity index (χ2n) is 8.10. The molecule has 1 aliphatic heterocycles. The van der Waals surface area contributed by atoms with Crippen molar-refractivity contribution in [3.63, 3.8) is 0 Å². The van der Waals surface area contributed by atoms with Gasteiger partial charge in [-0.15, -0.1) is 11.3 Å². The number of halogens is 1. The van der Waals surface area contributed by atoms with Crippen molar-refractivity contribution >= 4 is 40.7 Å². The van der Waals surface area contributed by atoms with E-state index in [1.807, 2.05) is 23.1 Å². The maximum absolute atomic E-state index is 12.7. The molecule has 0 bridgehead atoms. The zero-order valence-electron chi connectivity index (χ0n) is 19.1. The van der Waals surface area contributed by atoms with Gasteiger partial charge in [0, 0.05) is 29.4 Å². The van der Waals surface area contributed by atoms with Gasteiger partial charge in [-0.2, -0.15) is 0 Å². The molecule has 182 valence electrons. The number of thiazole rings is 1. The number of carbonyl (C=O) groups is 3. The van der Waals surface area contributed by atoms with E-state index in [0.717, 1.165) is 23.4 Å². The van der Waals surface area contributed by atoms with Crippen molar-refractivity contribution in [1.29, 1.82) is 0 Å². The Bertz CT molecular complexity index is 1220. The van der Waals surface area contributed by atoms with Gasteiger partial charge in [-0.3, -0.25) is 25.2 Å². The Hall–Kier alpha value is -3.43. The molecule has 8 nitrogen and oxygen atoms in total. The van der Waals surface area contributed by atoms with Crippen molar-refractivity contribution in [3.05, 3.63) is 80.8 Å². The van der Waals surface area contributed by atoms with Crippen molar-refractivity contribution in [3.8, 4) is 5.75 Å². The Morgan fingerprint density at radius 1 is 1.06 bits per heavy atom. The Morgan fingerprint density at radius 3 is 2.49 bits per heavy atom. The Labute approximate surface area is 212 Å². The van der Waals surface area contributed by atoms with Crippen molar-refractivity contribution in [2.24, 2.45) is 0 Å². The topological polar surface area (TPSA) is 101 Å². The van der Waals surface area contributed by atoms with E-state index >= 15 is 0 Å². The molecule has 2 N–H and O–H groups in total. The van der Waals surface area contributed by atoms with E-state index in [4.69, 9.17) is 16.3 Å². The number of piperidine rings is 1. The third-order valence-electron chi connectivity index (χ3n) is 5.89. The third kappa shape index (κ3) is 5.98. The highest BCUT2D eigenvalue weighted by molar-refractivity contribution is 7.09. The highest BCUT2D eigenvalue weighted by Gasteiger charge is 2.27. The summed E-state index contributed by atoms with van der Waals surface area (Å²) < 4.78 is 5.17. The molecule has 1 aliphatic rings. The van der Waals surface area contributed by atoms with E-state index < -0.39 is 11.8 Å². The van der Waals surface area contributed by atoms with Crippen LogP contribution >= 0.6 is 22.9 Å². The lowest BCUT2D eigenvalue weighted by Crippen LogP contribution is -2.42. The van der Waals surface area contributed by atoms with Crippen LogP contribution in [0.15, 0.2) is 53.9 Å². The smallest absolute Gasteiger partial charge is 0.289 e. The molecule has 4 rings (SSSR count). The Kier molecular flexibility index (Phi) is 7.99. The zero-order chi connectivity index (χ0) is 24.8. The fourth-order valence-electron chi connectivity index (χ4n) is 3.95. The first kappa shape index (κ1) is 24.7. The number of methoxy groups -OCH3 is 1. The average Bonchev–Trinajstić information content (AvgIpc) is 3.39. The number of amides is 3. The van der Waals surface area contributed by atoms with E-state index in [2.05, 4.69) is 15.8 Å². The minimum absolute atomic E-state index is 0.0570. The molecule has 2 aromatic carbocycles. The summed E-state index contributed by atoms with van der Waals surface area (Å²) in [7, 11) is 1.47. The third-order valence-corrected chi connectivity index (χ3v) is 7.27. The predicted octanol–water partition coefficient (Wildman–Crippen LogP) is 3.83. The molecule has 1 saturated heterocycles. The first-order chi connectivity index (χ1) is 17.0. The van der Waals surface area contributed by atoms with Crippen LogP contribution in [0.25, 0.3) is 0 Å². The molecule has 0 radical (unpaired) electrons. The van der Waals surface area contributed by atoms with Crippen LogP contribution in [0.3, 0.4) is 0 Å². The van der Waals surface area contributed by atoms with Crippen molar-refractivity contribution in [2.75, 3.05) is 20.2 Å². The number of benzene rings is 2.